The Balaban J connectivity index is 2.33. The van der Waals surface area contributed by atoms with E-state index in [0.717, 1.165) is 11.3 Å². The first-order valence-corrected chi connectivity index (χ1v) is 6.08. The van der Waals surface area contributed by atoms with Crippen molar-refractivity contribution in [1.82, 2.24) is 9.97 Å². The van der Waals surface area contributed by atoms with Crippen molar-refractivity contribution in [3.05, 3.63) is 40.0 Å². The third-order valence-corrected chi connectivity index (χ3v) is 2.76. The molecule has 6 heteroatoms. The highest BCUT2D eigenvalue weighted by Gasteiger charge is 2.05. The molecule has 2 N–H and O–H groups in total. The third kappa shape index (κ3) is 3.03. The number of aryl methyl sites for hydroxylation is 1. The van der Waals surface area contributed by atoms with Gasteiger partial charge in [-0.15, -0.1) is 0 Å². The third-order valence-electron chi connectivity index (χ3n) is 2.32. The molecule has 0 aliphatic heterocycles. The second-order valence-electron chi connectivity index (χ2n) is 3.76. The van der Waals surface area contributed by atoms with Gasteiger partial charge in [0.15, 0.2) is 0 Å². The van der Waals surface area contributed by atoms with Crippen LogP contribution in [0.25, 0.3) is 0 Å². The van der Waals surface area contributed by atoms with E-state index in [0.29, 0.717) is 21.8 Å². The molecule has 0 saturated carbocycles. The molecule has 0 aliphatic carbocycles. The monoisotopic (exact) mass is 282 g/mol. The predicted octanol–water partition coefficient (Wildman–Crippen LogP) is 3.88. The molecule has 4 nitrogen and oxygen atoms in total. The number of nitrogens with zero attached hydrogens (tertiary/aromatic N) is 2. The van der Waals surface area contributed by atoms with Crippen LogP contribution in [-0.4, -0.2) is 17.0 Å². The molecule has 0 bridgehead atoms. The summed E-state index contributed by atoms with van der Waals surface area (Å²) in [6.07, 6.45) is 1.74. The van der Waals surface area contributed by atoms with E-state index in [4.69, 9.17) is 23.2 Å². The van der Waals surface area contributed by atoms with Crippen LogP contribution >= 0.6 is 23.2 Å². The molecule has 2 aromatic rings. The number of hydrogen-bond donors (Lipinski definition) is 2. The van der Waals surface area contributed by atoms with Gasteiger partial charge in [-0.2, -0.15) is 4.98 Å². The van der Waals surface area contributed by atoms with Gasteiger partial charge < -0.3 is 10.6 Å². The summed E-state index contributed by atoms with van der Waals surface area (Å²) in [6, 6.07) is 5.25. The molecule has 0 radical (unpaired) electrons. The first-order valence-electron chi connectivity index (χ1n) is 5.33. The van der Waals surface area contributed by atoms with Gasteiger partial charge in [0, 0.05) is 34.5 Å². The quantitative estimate of drug-likeness (QED) is 0.897. The summed E-state index contributed by atoms with van der Waals surface area (Å²) >= 11 is 11.9. The van der Waals surface area contributed by atoms with Gasteiger partial charge in [-0.3, -0.25) is 0 Å². The summed E-state index contributed by atoms with van der Waals surface area (Å²) in [4.78, 5) is 8.45. The fourth-order valence-corrected chi connectivity index (χ4v) is 1.98. The number of hydrogen-bond acceptors (Lipinski definition) is 4. The van der Waals surface area contributed by atoms with Gasteiger partial charge in [0.25, 0.3) is 0 Å². The standard InChI is InChI=1S/C12H12Cl2N4/c1-7-6-16-12(15-2)18-11(7)17-10-4-8(13)3-9(14)5-10/h3-6H,1-2H3,(H2,15,16,17,18). The summed E-state index contributed by atoms with van der Waals surface area (Å²) in [5.74, 6) is 1.27. The van der Waals surface area contributed by atoms with Crippen LogP contribution in [0, 0.1) is 6.92 Å². The van der Waals surface area contributed by atoms with E-state index in [1.807, 2.05) is 6.92 Å². The Labute approximate surface area is 115 Å². The molecule has 18 heavy (non-hydrogen) atoms. The number of nitrogens with one attached hydrogen (secondary N) is 2. The minimum absolute atomic E-state index is 0.552. The van der Waals surface area contributed by atoms with Crippen LogP contribution in [0.3, 0.4) is 0 Å². The van der Waals surface area contributed by atoms with Crippen molar-refractivity contribution in [2.75, 3.05) is 17.7 Å². The predicted molar refractivity (Wildman–Crippen MR) is 76.1 cm³/mol. The molecule has 0 fully saturated rings. The first-order chi connectivity index (χ1) is 8.58. The maximum absolute atomic E-state index is 5.95. The van der Waals surface area contributed by atoms with Crippen molar-refractivity contribution in [1.29, 1.82) is 0 Å². The van der Waals surface area contributed by atoms with Crippen molar-refractivity contribution in [2.24, 2.45) is 0 Å². The van der Waals surface area contributed by atoms with E-state index >= 15 is 0 Å². The average molecular weight is 283 g/mol. The molecule has 0 atom stereocenters. The van der Waals surface area contributed by atoms with Gasteiger partial charge in [-0.25, -0.2) is 4.98 Å². The van der Waals surface area contributed by atoms with Crippen molar-refractivity contribution >= 4 is 40.7 Å². The molecule has 1 heterocycles. The lowest BCUT2D eigenvalue weighted by atomic mass is 10.3. The lowest BCUT2D eigenvalue weighted by molar-refractivity contribution is 1.12. The molecule has 0 aliphatic rings. The highest BCUT2D eigenvalue weighted by Crippen LogP contribution is 2.25. The Kier molecular flexibility index (Phi) is 3.89. The molecule has 94 valence electrons. The highest BCUT2D eigenvalue weighted by atomic mass is 35.5. The first kappa shape index (κ1) is 12.9. The topological polar surface area (TPSA) is 49.8 Å². The van der Waals surface area contributed by atoms with Gasteiger partial charge >= 0.3 is 0 Å². The SMILES string of the molecule is CNc1ncc(C)c(Nc2cc(Cl)cc(Cl)c2)n1. The van der Waals surface area contributed by atoms with E-state index in [-0.39, 0.29) is 0 Å². The molecule has 1 aromatic heterocycles. The number of benzene rings is 1. The van der Waals surface area contributed by atoms with E-state index in [1.54, 1.807) is 31.4 Å². The average Bonchev–Trinajstić information content (AvgIpc) is 2.30. The van der Waals surface area contributed by atoms with Gasteiger partial charge in [-0.05, 0) is 25.1 Å². The van der Waals surface area contributed by atoms with Gasteiger partial charge in [0.1, 0.15) is 5.82 Å². The van der Waals surface area contributed by atoms with Crippen LogP contribution in [0.15, 0.2) is 24.4 Å². The van der Waals surface area contributed by atoms with Crippen LogP contribution in [0.1, 0.15) is 5.56 Å². The Morgan fingerprint density at radius 3 is 2.39 bits per heavy atom. The second kappa shape index (κ2) is 5.42. The summed E-state index contributed by atoms with van der Waals surface area (Å²) < 4.78 is 0. The molecular weight excluding hydrogens is 271 g/mol. The van der Waals surface area contributed by atoms with Gasteiger partial charge in [0.05, 0.1) is 0 Å². The molecule has 1 aromatic carbocycles. The zero-order valence-corrected chi connectivity index (χ0v) is 11.5. The fourth-order valence-electron chi connectivity index (χ4n) is 1.45. The van der Waals surface area contributed by atoms with Crippen molar-refractivity contribution in [3.63, 3.8) is 0 Å². The lowest BCUT2D eigenvalue weighted by Crippen LogP contribution is -2.02. The normalized spacial score (nSPS) is 10.2. The zero-order valence-electron chi connectivity index (χ0n) is 9.96. The Morgan fingerprint density at radius 1 is 1.11 bits per heavy atom. The van der Waals surface area contributed by atoms with Crippen molar-refractivity contribution < 1.29 is 0 Å². The number of halogens is 2. The van der Waals surface area contributed by atoms with E-state index < -0.39 is 0 Å². The fraction of sp³-hybridized carbons (Fsp3) is 0.167. The maximum atomic E-state index is 5.95. The zero-order chi connectivity index (χ0) is 13.1. The largest absolute Gasteiger partial charge is 0.357 e. The summed E-state index contributed by atoms with van der Waals surface area (Å²) in [6.45, 7) is 1.92. The summed E-state index contributed by atoms with van der Waals surface area (Å²) in [7, 11) is 1.77. The highest BCUT2D eigenvalue weighted by molar-refractivity contribution is 6.35. The van der Waals surface area contributed by atoms with Crippen LogP contribution in [0.2, 0.25) is 10.0 Å². The number of anilines is 3. The molecule has 2 rings (SSSR count). The van der Waals surface area contributed by atoms with Gasteiger partial charge in [0.2, 0.25) is 5.95 Å². The van der Waals surface area contributed by atoms with Crippen LogP contribution < -0.4 is 10.6 Å². The molecule has 0 unspecified atom stereocenters. The smallest absolute Gasteiger partial charge is 0.224 e. The second-order valence-corrected chi connectivity index (χ2v) is 4.63. The molecule has 0 saturated heterocycles. The van der Waals surface area contributed by atoms with E-state index in [9.17, 15) is 0 Å². The molecular formula is C12H12Cl2N4. The van der Waals surface area contributed by atoms with E-state index in [2.05, 4.69) is 20.6 Å². The van der Waals surface area contributed by atoms with Crippen LogP contribution in [-0.2, 0) is 0 Å². The minimum atomic E-state index is 0.552. The summed E-state index contributed by atoms with van der Waals surface area (Å²) in [5, 5.41) is 7.21. The Hall–Kier alpha value is -1.52. The molecule has 0 spiro atoms. The number of aromatic nitrogens is 2. The van der Waals surface area contributed by atoms with Crippen LogP contribution in [0.5, 0.6) is 0 Å². The van der Waals surface area contributed by atoms with Gasteiger partial charge in [-0.1, -0.05) is 23.2 Å². The van der Waals surface area contributed by atoms with Crippen molar-refractivity contribution in [2.45, 2.75) is 6.92 Å². The van der Waals surface area contributed by atoms with Crippen LogP contribution in [0.4, 0.5) is 17.5 Å². The van der Waals surface area contributed by atoms with E-state index in [1.165, 1.54) is 0 Å². The number of rotatable bonds is 3. The van der Waals surface area contributed by atoms with Crippen molar-refractivity contribution in [3.8, 4) is 0 Å². The lowest BCUT2D eigenvalue weighted by Gasteiger charge is -2.10. The molecule has 0 amide bonds. The summed E-state index contributed by atoms with van der Waals surface area (Å²) in [5.41, 5.74) is 1.72. The maximum Gasteiger partial charge on any atom is 0.224 e. The Bertz CT molecular complexity index is 552. The Morgan fingerprint density at radius 2 is 1.78 bits per heavy atom. The minimum Gasteiger partial charge on any atom is -0.357 e.